The van der Waals surface area contributed by atoms with Gasteiger partial charge in [-0.15, -0.1) is 0 Å². The Balaban J connectivity index is 1.99. The molecule has 1 aliphatic rings. The highest BCUT2D eigenvalue weighted by Gasteiger charge is 2.32. The number of amides is 1. The van der Waals surface area contributed by atoms with Gasteiger partial charge in [0.15, 0.2) is 0 Å². The van der Waals surface area contributed by atoms with Gasteiger partial charge >= 0.3 is 0 Å². The average molecular weight is 370 g/mol. The first-order valence-corrected chi connectivity index (χ1v) is 9.87. The van der Waals surface area contributed by atoms with Crippen molar-refractivity contribution >= 4 is 15.9 Å². The van der Waals surface area contributed by atoms with E-state index in [1.807, 2.05) is 0 Å². The molecule has 1 heterocycles. The molecule has 0 aromatic heterocycles. The summed E-state index contributed by atoms with van der Waals surface area (Å²) >= 11 is 0. The van der Waals surface area contributed by atoms with Crippen LogP contribution in [-0.2, 0) is 14.8 Å². The quantitative estimate of drug-likeness (QED) is 0.696. The molecule has 1 aromatic rings. The summed E-state index contributed by atoms with van der Waals surface area (Å²) in [5, 5.41) is 11.5. The van der Waals surface area contributed by atoms with E-state index in [0.717, 1.165) is 5.56 Å². The second kappa shape index (κ2) is 8.64. The number of hydrogen-bond acceptors (Lipinski definition) is 5. The van der Waals surface area contributed by atoms with Gasteiger partial charge in [0.1, 0.15) is 5.75 Å². The Bertz CT molecular complexity index is 697. The topological polar surface area (TPSA) is 95.9 Å². The molecule has 0 atom stereocenters. The van der Waals surface area contributed by atoms with E-state index in [4.69, 9.17) is 9.84 Å². The zero-order valence-corrected chi connectivity index (χ0v) is 15.5. The van der Waals surface area contributed by atoms with Crippen molar-refractivity contribution in [1.29, 1.82) is 0 Å². The summed E-state index contributed by atoms with van der Waals surface area (Å²) in [6, 6.07) is 4.82. The Morgan fingerprint density at radius 3 is 2.60 bits per heavy atom. The first-order valence-electron chi connectivity index (χ1n) is 8.43. The van der Waals surface area contributed by atoms with Gasteiger partial charge in [-0.1, -0.05) is 0 Å². The number of hydrogen-bond donors (Lipinski definition) is 2. The zero-order chi connectivity index (χ0) is 18.4. The van der Waals surface area contributed by atoms with Crippen LogP contribution < -0.4 is 10.1 Å². The van der Waals surface area contributed by atoms with E-state index < -0.39 is 10.0 Å². The lowest BCUT2D eigenvalue weighted by molar-refractivity contribution is -0.126. The van der Waals surface area contributed by atoms with Crippen molar-refractivity contribution in [3.8, 4) is 5.75 Å². The number of sulfonamides is 1. The van der Waals surface area contributed by atoms with Gasteiger partial charge in [0, 0.05) is 32.2 Å². The predicted molar refractivity (Wildman–Crippen MR) is 93.9 cm³/mol. The lowest BCUT2D eigenvalue weighted by Gasteiger charge is -2.30. The van der Waals surface area contributed by atoms with E-state index in [1.165, 1.54) is 4.31 Å². The van der Waals surface area contributed by atoms with Crippen molar-refractivity contribution in [2.45, 2.75) is 31.1 Å². The van der Waals surface area contributed by atoms with Crippen molar-refractivity contribution in [2.24, 2.45) is 5.92 Å². The molecule has 8 heteroatoms. The summed E-state index contributed by atoms with van der Waals surface area (Å²) in [7, 11) is -2.02. The van der Waals surface area contributed by atoms with Gasteiger partial charge in [-0.2, -0.15) is 4.31 Å². The molecule has 0 radical (unpaired) electrons. The molecule has 1 saturated heterocycles. The average Bonchev–Trinajstić information content (AvgIpc) is 2.61. The number of ether oxygens (including phenoxy) is 1. The van der Waals surface area contributed by atoms with Crippen LogP contribution in [0.1, 0.15) is 24.8 Å². The number of piperidine rings is 1. The van der Waals surface area contributed by atoms with E-state index in [1.54, 1.807) is 32.2 Å². The molecule has 0 unspecified atom stereocenters. The standard InChI is InChI=1S/C17H26N2O5S/c1-13-12-15(4-5-16(13)24-2)25(22,23)19-9-6-14(7-10-19)17(21)18-8-3-11-20/h4-5,12,14,20H,3,6-11H2,1-2H3,(H,18,21). The lowest BCUT2D eigenvalue weighted by atomic mass is 9.97. The number of carbonyl (C=O) groups excluding carboxylic acids is 1. The summed E-state index contributed by atoms with van der Waals surface area (Å²) in [5.41, 5.74) is 0.765. The molecule has 0 bridgehead atoms. The normalized spacial score (nSPS) is 16.6. The van der Waals surface area contributed by atoms with Gasteiger partial charge in [-0.05, 0) is 49.9 Å². The highest BCUT2D eigenvalue weighted by Crippen LogP contribution is 2.27. The predicted octanol–water partition coefficient (Wildman–Crippen LogP) is 0.903. The van der Waals surface area contributed by atoms with Gasteiger partial charge < -0.3 is 15.2 Å². The van der Waals surface area contributed by atoms with E-state index in [-0.39, 0.29) is 23.3 Å². The van der Waals surface area contributed by atoms with Crippen LogP contribution in [0.15, 0.2) is 23.1 Å². The van der Waals surface area contributed by atoms with Crippen LogP contribution in [0.25, 0.3) is 0 Å². The summed E-state index contributed by atoms with van der Waals surface area (Å²) in [4.78, 5) is 12.3. The first-order chi connectivity index (χ1) is 11.9. The summed E-state index contributed by atoms with van der Waals surface area (Å²) in [6.07, 6.45) is 1.52. The van der Waals surface area contributed by atoms with Crippen LogP contribution in [0.3, 0.4) is 0 Å². The number of aryl methyl sites for hydroxylation is 1. The summed E-state index contributed by atoms with van der Waals surface area (Å²) in [6.45, 7) is 2.94. The number of nitrogens with one attached hydrogen (secondary N) is 1. The molecule has 25 heavy (non-hydrogen) atoms. The van der Waals surface area contributed by atoms with E-state index in [2.05, 4.69) is 5.32 Å². The SMILES string of the molecule is COc1ccc(S(=O)(=O)N2CCC(C(=O)NCCCO)CC2)cc1C. The van der Waals surface area contributed by atoms with Gasteiger partial charge in [0.2, 0.25) is 15.9 Å². The Labute approximate surface area is 149 Å². The molecule has 140 valence electrons. The van der Waals surface area contributed by atoms with Crippen LogP contribution in [0, 0.1) is 12.8 Å². The van der Waals surface area contributed by atoms with Crippen molar-refractivity contribution in [2.75, 3.05) is 33.4 Å². The largest absolute Gasteiger partial charge is 0.496 e. The van der Waals surface area contributed by atoms with Crippen LogP contribution in [-0.4, -0.2) is 57.1 Å². The molecule has 0 aliphatic carbocycles. The monoisotopic (exact) mass is 370 g/mol. The van der Waals surface area contributed by atoms with Crippen LogP contribution >= 0.6 is 0 Å². The summed E-state index contributed by atoms with van der Waals surface area (Å²) < 4.78 is 32.2. The number of aliphatic hydroxyl groups excluding tert-OH is 1. The Morgan fingerprint density at radius 2 is 2.04 bits per heavy atom. The maximum Gasteiger partial charge on any atom is 0.243 e. The number of benzene rings is 1. The third-order valence-corrected chi connectivity index (χ3v) is 6.36. The number of carbonyl (C=O) groups is 1. The number of rotatable bonds is 7. The van der Waals surface area contributed by atoms with Crippen molar-refractivity contribution in [3.63, 3.8) is 0 Å². The van der Waals surface area contributed by atoms with Crippen LogP contribution in [0.5, 0.6) is 5.75 Å². The second-order valence-electron chi connectivity index (χ2n) is 6.18. The highest BCUT2D eigenvalue weighted by atomic mass is 32.2. The van der Waals surface area contributed by atoms with E-state index >= 15 is 0 Å². The van der Waals surface area contributed by atoms with E-state index in [0.29, 0.717) is 44.6 Å². The van der Waals surface area contributed by atoms with Gasteiger partial charge in [-0.3, -0.25) is 4.79 Å². The Kier molecular flexibility index (Phi) is 6.80. The minimum atomic E-state index is -3.57. The van der Waals surface area contributed by atoms with Crippen LogP contribution in [0.2, 0.25) is 0 Å². The van der Waals surface area contributed by atoms with Gasteiger partial charge in [0.05, 0.1) is 12.0 Å². The van der Waals surface area contributed by atoms with Crippen molar-refractivity contribution in [3.05, 3.63) is 23.8 Å². The number of methoxy groups -OCH3 is 1. The second-order valence-corrected chi connectivity index (χ2v) is 8.12. The van der Waals surface area contributed by atoms with Crippen molar-refractivity contribution < 1.29 is 23.1 Å². The molecule has 0 spiro atoms. The smallest absolute Gasteiger partial charge is 0.243 e. The third-order valence-electron chi connectivity index (χ3n) is 4.46. The fourth-order valence-electron chi connectivity index (χ4n) is 2.95. The molecule has 1 fully saturated rings. The molecule has 2 rings (SSSR count). The molecular formula is C17H26N2O5S. The molecule has 2 N–H and O–H groups in total. The number of nitrogens with zero attached hydrogens (tertiary/aromatic N) is 1. The fraction of sp³-hybridized carbons (Fsp3) is 0.588. The molecule has 1 amide bonds. The minimum Gasteiger partial charge on any atom is -0.496 e. The first kappa shape index (κ1) is 19.7. The maximum atomic E-state index is 12.8. The molecular weight excluding hydrogens is 344 g/mol. The number of aliphatic hydroxyl groups is 1. The molecule has 1 aliphatic heterocycles. The fourth-order valence-corrected chi connectivity index (χ4v) is 4.51. The lowest BCUT2D eigenvalue weighted by Crippen LogP contribution is -2.43. The zero-order valence-electron chi connectivity index (χ0n) is 14.7. The van der Waals surface area contributed by atoms with Crippen LogP contribution in [0.4, 0.5) is 0 Å². The Hall–Kier alpha value is -1.64. The van der Waals surface area contributed by atoms with Gasteiger partial charge in [-0.25, -0.2) is 8.42 Å². The van der Waals surface area contributed by atoms with E-state index in [9.17, 15) is 13.2 Å². The molecule has 1 aromatic carbocycles. The highest BCUT2D eigenvalue weighted by molar-refractivity contribution is 7.89. The molecule has 0 saturated carbocycles. The van der Waals surface area contributed by atoms with Gasteiger partial charge in [0.25, 0.3) is 0 Å². The summed E-state index contributed by atoms with van der Waals surface area (Å²) in [5.74, 6) is 0.408. The maximum absolute atomic E-state index is 12.8. The molecule has 7 nitrogen and oxygen atoms in total. The Morgan fingerprint density at radius 1 is 1.36 bits per heavy atom. The minimum absolute atomic E-state index is 0.0399. The van der Waals surface area contributed by atoms with Crippen molar-refractivity contribution in [1.82, 2.24) is 9.62 Å². The third kappa shape index (κ3) is 4.71.